The zero-order valence-corrected chi connectivity index (χ0v) is 14.9. The van der Waals surface area contributed by atoms with Crippen molar-refractivity contribution in [2.24, 2.45) is 0 Å². The lowest BCUT2D eigenvalue weighted by molar-refractivity contribution is -0.137. The minimum absolute atomic E-state index is 0.0487. The monoisotopic (exact) mass is 403 g/mol. The van der Waals surface area contributed by atoms with Crippen LogP contribution in [0.1, 0.15) is 32.1 Å². The largest absolute Gasteiger partial charge is 0.451 e. The van der Waals surface area contributed by atoms with E-state index in [1.807, 2.05) is 0 Å². The van der Waals surface area contributed by atoms with Gasteiger partial charge in [-0.25, -0.2) is 4.79 Å². The van der Waals surface area contributed by atoms with Gasteiger partial charge in [-0.15, -0.1) is 11.3 Å². The van der Waals surface area contributed by atoms with Crippen molar-refractivity contribution < 1.29 is 27.5 Å². The summed E-state index contributed by atoms with van der Waals surface area (Å²) in [7, 11) is 0. The fraction of sp³-hybridized carbons (Fsp3) is 0.294. The lowest BCUT2D eigenvalue weighted by Gasteiger charge is -2.11. The van der Waals surface area contributed by atoms with Gasteiger partial charge in [-0.05, 0) is 49.1 Å². The first-order chi connectivity index (χ1) is 12.2. The molecule has 1 aliphatic rings. The molecule has 138 valence electrons. The number of carbonyl (C=O) groups excluding carboxylic acids is 2. The zero-order chi connectivity index (χ0) is 18.9. The number of carbonyl (C=O) groups is 2. The van der Waals surface area contributed by atoms with Gasteiger partial charge in [-0.2, -0.15) is 13.2 Å². The number of nitrogens with one attached hydrogen (secondary N) is 1. The van der Waals surface area contributed by atoms with Crippen LogP contribution >= 0.6 is 22.9 Å². The summed E-state index contributed by atoms with van der Waals surface area (Å²) < 4.78 is 43.1. The van der Waals surface area contributed by atoms with Crippen LogP contribution in [0, 0.1) is 0 Å². The molecule has 3 rings (SSSR count). The van der Waals surface area contributed by atoms with Gasteiger partial charge in [0, 0.05) is 4.88 Å². The third-order valence-corrected chi connectivity index (χ3v) is 5.40. The first kappa shape index (κ1) is 18.7. The molecule has 0 fully saturated rings. The molecule has 0 unspecified atom stereocenters. The number of thiophene rings is 1. The fourth-order valence-electron chi connectivity index (χ4n) is 2.62. The normalized spacial score (nSPS) is 13.4. The van der Waals surface area contributed by atoms with Crippen LogP contribution in [-0.4, -0.2) is 18.5 Å². The molecule has 1 aromatic carbocycles. The molecule has 0 saturated carbocycles. The first-order valence-electron chi connectivity index (χ1n) is 7.69. The van der Waals surface area contributed by atoms with Crippen molar-refractivity contribution in [3.63, 3.8) is 0 Å². The number of fused-ring (bicyclic) bond motifs is 1. The maximum absolute atomic E-state index is 12.7. The van der Waals surface area contributed by atoms with Crippen LogP contribution in [0.4, 0.5) is 18.9 Å². The summed E-state index contributed by atoms with van der Waals surface area (Å²) in [5, 5.41) is 2.18. The Morgan fingerprint density at radius 1 is 1.23 bits per heavy atom. The maximum atomic E-state index is 12.7. The number of hydrogen-bond acceptors (Lipinski definition) is 4. The fourth-order valence-corrected chi connectivity index (χ4v) is 3.93. The molecule has 26 heavy (non-hydrogen) atoms. The van der Waals surface area contributed by atoms with Gasteiger partial charge >= 0.3 is 12.1 Å². The minimum Gasteiger partial charge on any atom is -0.451 e. The molecule has 4 nitrogen and oxygen atoms in total. The van der Waals surface area contributed by atoms with Crippen molar-refractivity contribution in [1.29, 1.82) is 0 Å². The Balaban J connectivity index is 1.59. The molecule has 9 heteroatoms. The van der Waals surface area contributed by atoms with Gasteiger partial charge in [-0.1, -0.05) is 11.6 Å². The van der Waals surface area contributed by atoms with Gasteiger partial charge < -0.3 is 10.1 Å². The van der Waals surface area contributed by atoms with Gasteiger partial charge in [0.1, 0.15) is 4.88 Å². The summed E-state index contributed by atoms with van der Waals surface area (Å²) in [6.45, 7) is -0.617. The molecule has 0 bridgehead atoms. The van der Waals surface area contributed by atoms with E-state index in [0.29, 0.717) is 4.88 Å². The lowest BCUT2D eigenvalue weighted by atomic mass is 10.2. The molecular weight excluding hydrogens is 391 g/mol. The second-order valence-corrected chi connectivity index (χ2v) is 7.27. The average Bonchev–Trinajstić information content (AvgIpc) is 3.15. The van der Waals surface area contributed by atoms with Crippen molar-refractivity contribution in [1.82, 2.24) is 0 Å². The van der Waals surface area contributed by atoms with E-state index in [0.717, 1.165) is 47.9 Å². The zero-order valence-electron chi connectivity index (χ0n) is 13.3. The third-order valence-electron chi connectivity index (χ3n) is 3.85. The number of rotatable bonds is 4. The van der Waals surface area contributed by atoms with Crippen LogP contribution in [-0.2, 0) is 28.5 Å². The number of anilines is 1. The van der Waals surface area contributed by atoms with E-state index < -0.39 is 30.2 Å². The SMILES string of the molecule is O=C(COC(=O)c1cc2c(s1)CCC2)Nc1cc(C(F)(F)F)ccc1Cl. The van der Waals surface area contributed by atoms with Gasteiger partial charge in [0.25, 0.3) is 5.91 Å². The second-order valence-electron chi connectivity index (χ2n) is 5.73. The van der Waals surface area contributed by atoms with E-state index in [-0.39, 0.29) is 10.7 Å². The van der Waals surface area contributed by atoms with Crippen LogP contribution in [0.5, 0.6) is 0 Å². The Bertz CT molecular complexity index is 842. The standard InChI is InChI=1S/C17H13ClF3NO3S/c18-11-5-4-10(17(19,20)21)7-12(11)22-15(23)8-25-16(24)14-6-9-2-1-3-13(9)26-14/h4-7H,1-3,8H2,(H,22,23). The molecule has 0 atom stereocenters. The number of ether oxygens (including phenoxy) is 1. The summed E-state index contributed by atoms with van der Waals surface area (Å²) in [6, 6.07) is 4.34. The predicted octanol–water partition coefficient (Wildman–Crippen LogP) is 4.70. The number of aryl methyl sites for hydroxylation is 2. The number of halogens is 4. The molecule has 1 aliphatic carbocycles. The van der Waals surface area contributed by atoms with Crippen LogP contribution in [0.15, 0.2) is 24.3 Å². The summed E-state index contributed by atoms with van der Waals surface area (Å²) in [5.74, 6) is -1.40. The number of benzene rings is 1. The van der Waals surface area contributed by atoms with E-state index in [1.165, 1.54) is 11.3 Å². The highest BCUT2D eigenvalue weighted by atomic mass is 35.5. The summed E-state index contributed by atoms with van der Waals surface area (Å²) >= 11 is 7.14. The van der Waals surface area contributed by atoms with Crippen molar-refractivity contribution in [2.75, 3.05) is 11.9 Å². The highest BCUT2D eigenvalue weighted by molar-refractivity contribution is 7.14. The van der Waals surface area contributed by atoms with E-state index in [2.05, 4.69) is 5.32 Å². The van der Waals surface area contributed by atoms with Crippen LogP contribution in [0.25, 0.3) is 0 Å². The quantitative estimate of drug-likeness (QED) is 0.752. The molecule has 1 heterocycles. The molecular formula is C17H13ClF3NO3S. The highest BCUT2D eigenvalue weighted by Gasteiger charge is 2.31. The molecule has 0 spiro atoms. The number of amides is 1. The van der Waals surface area contributed by atoms with Crippen molar-refractivity contribution in [2.45, 2.75) is 25.4 Å². The maximum Gasteiger partial charge on any atom is 0.416 e. The van der Waals surface area contributed by atoms with Gasteiger partial charge in [0.2, 0.25) is 0 Å². The highest BCUT2D eigenvalue weighted by Crippen LogP contribution is 2.34. The van der Waals surface area contributed by atoms with E-state index in [4.69, 9.17) is 16.3 Å². The smallest absolute Gasteiger partial charge is 0.416 e. The Kier molecular flexibility index (Phi) is 5.24. The number of hydrogen-bond donors (Lipinski definition) is 1. The van der Waals surface area contributed by atoms with E-state index in [9.17, 15) is 22.8 Å². The second kappa shape index (κ2) is 7.28. The number of esters is 1. The molecule has 1 aromatic heterocycles. The number of alkyl halides is 3. The lowest BCUT2D eigenvalue weighted by Crippen LogP contribution is -2.21. The van der Waals surface area contributed by atoms with Crippen LogP contribution in [0.2, 0.25) is 5.02 Å². The first-order valence-corrected chi connectivity index (χ1v) is 8.89. The van der Waals surface area contributed by atoms with E-state index >= 15 is 0 Å². The Morgan fingerprint density at radius 3 is 2.69 bits per heavy atom. The summed E-state index contributed by atoms with van der Waals surface area (Å²) in [4.78, 5) is 25.4. The van der Waals surface area contributed by atoms with Crippen LogP contribution < -0.4 is 5.32 Å². The minimum atomic E-state index is -4.56. The summed E-state index contributed by atoms with van der Waals surface area (Å²) in [5.41, 5.74) is -0.0120. The van der Waals surface area contributed by atoms with Gasteiger partial charge in [0.05, 0.1) is 16.3 Å². The summed E-state index contributed by atoms with van der Waals surface area (Å²) in [6.07, 6.45) is -1.64. The van der Waals surface area contributed by atoms with E-state index in [1.54, 1.807) is 6.07 Å². The molecule has 0 radical (unpaired) electrons. The topological polar surface area (TPSA) is 55.4 Å². The predicted molar refractivity (Wildman–Crippen MR) is 91.7 cm³/mol. The Hall–Kier alpha value is -2.06. The van der Waals surface area contributed by atoms with Crippen molar-refractivity contribution in [3.05, 3.63) is 50.2 Å². The molecule has 0 aliphatic heterocycles. The van der Waals surface area contributed by atoms with Crippen molar-refractivity contribution in [3.8, 4) is 0 Å². The molecule has 1 amide bonds. The molecule has 1 N–H and O–H groups in total. The Morgan fingerprint density at radius 2 is 2.00 bits per heavy atom. The van der Waals surface area contributed by atoms with Gasteiger partial charge in [-0.3, -0.25) is 4.79 Å². The Labute approximate surface area is 155 Å². The molecule has 0 saturated heterocycles. The van der Waals surface area contributed by atoms with Crippen LogP contribution in [0.3, 0.4) is 0 Å². The van der Waals surface area contributed by atoms with Crippen molar-refractivity contribution >= 4 is 40.5 Å². The third kappa shape index (κ3) is 4.19. The van der Waals surface area contributed by atoms with Gasteiger partial charge in [0.15, 0.2) is 6.61 Å². The molecule has 2 aromatic rings. The average molecular weight is 404 g/mol.